The molecule has 5 rings (SSSR count). The molecule has 1 saturated heterocycles. The molecule has 0 spiro atoms. The Labute approximate surface area is 205 Å². The molecule has 0 radical (unpaired) electrons. The summed E-state index contributed by atoms with van der Waals surface area (Å²) in [6.45, 7) is 6.19. The molecule has 184 valence electrons. The van der Waals surface area contributed by atoms with E-state index in [0.717, 1.165) is 31.7 Å². The Kier molecular flexibility index (Phi) is 6.15. The fourth-order valence-corrected chi connectivity index (χ4v) is 4.26. The molecule has 4 heterocycles. The molecule has 0 amide bonds. The fraction of sp³-hybridized carbons (Fsp3) is 0.409. The van der Waals surface area contributed by atoms with Crippen LogP contribution in [0.3, 0.4) is 0 Å². The van der Waals surface area contributed by atoms with Gasteiger partial charge in [-0.3, -0.25) is 9.47 Å². The van der Waals surface area contributed by atoms with Crippen molar-refractivity contribution in [1.29, 1.82) is 0 Å². The Morgan fingerprint density at radius 1 is 1.26 bits per heavy atom. The molecule has 2 aliphatic rings. The van der Waals surface area contributed by atoms with Crippen LogP contribution in [0.25, 0.3) is 0 Å². The van der Waals surface area contributed by atoms with Crippen molar-refractivity contribution in [2.75, 3.05) is 37.7 Å². The van der Waals surface area contributed by atoms with Crippen LogP contribution >= 0.6 is 11.6 Å². The van der Waals surface area contributed by atoms with Gasteiger partial charge in [-0.1, -0.05) is 17.7 Å². The maximum absolute atomic E-state index is 13.7. The molecule has 13 heteroatoms. The first-order valence-electron chi connectivity index (χ1n) is 11.0. The summed E-state index contributed by atoms with van der Waals surface area (Å²) in [4.78, 5) is 27.4. The predicted molar refractivity (Wildman–Crippen MR) is 124 cm³/mol. The number of ether oxygens (including phenoxy) is 2. The Balaban J connectivity index is 1.10. The summed E-state index contributed by atoms with van der Waals surface area (Å²) >= 11 is 5.76. The second-order valence-electron chi connectivity index (χ2n) is 8.84. The Bertz CT molecular complexity index is 1210. The molecule has 3 aromatic rings. The molecule has 2 aromatic heterocycles. The van der Waals surface area contributed by atoms with E-state index in [-0.39, 0.29) is 23.5 Å². The van der Waals surface area contributed by atoms with E-state index in [1.165, 1.54) is 12.3 Å². The van der Waals surface area contributed by atoms with Gasteiger partial charge in [-0.25, -0.2) is 14.4 Å². The maximum atomic E-state index is 13.7. The molecule has 0 bridgehead atoms. The Hall–Kier alpha value is -3.51. The van der Waals surface area contributed by atoms with Crippen molar-refractivity contribution in [3.8, 4) is 11.8 Å². The lowest BCUT2D eigenvalue weighted by Crippen LogP contribution is -2.46. The standard InChI is InChI=1S/C22H23ClFN7O4/c1-22(13-30-12-19(31(32)33)27-21(30)35-22)14-34-16-9-25-20(26-10-16)29-6-4-28(5-7-29)11-15-2-3-17(23)18(24)8-15/h2-3,8-10,12H,4-7,11,13-14H2,1H3/t22-/m1/s1. The summed E-state index contributed by atoms with van der Waals surface area (Å²) in [5, 5.41) is 11.0. The molecule has 1 atom stereocenters. The summed E-state index contributed by atoms with van der Waals surface area (Å²) < 4.78 is 26.9. The summed E-state index contributed by atoms with van der Waals surface area (Å²) in [5.74, 6) is 0.469. The number of piperazine rings is 1. The summed E-state index contributed by atoms with van der Waals surface area (Å²) in [5.41, 5.74) is 0.180. The van der Waals surface area contributed by atoms with Gasteiger partial charge in [0.05, 0.1) is 24.0 Å². The number of nitro groups is 1. The zero-order valence-corrected chi connectivity index (χ0v) is 19.7. The molecule has 35 heavy (non-hydrogen) atoms. The number of nitrogens with zero attached hydrogens (tertiary/aromatic N) is 7. The van der Waals surface area contributed by atoms with Gasteiger partial charge in [0.15, 0.2) is 11.4 Å². The maximum Gasteiger partial charge on any atom is 0.415 e. The summed E-state index contributed by atoms with van der Waals surface area (Å²) in [7, 11) is 0. The van der Waals surface area contributed by atoms with Gasteiger partial charge < -0.3 is 24.5 Å². The molecule has 2 aliphatic heterocycles. The number of benzene rings is 1. The van der Waals surface area contributed by atoms with Gasteiger partial charge in [0.1, 0.15) is 18.6 Å². The molecular formula is C22H23ClFN7O4. The Morgan fingerprint density at radius 3 is 2.66 bits per heavy atom. The number of halogens is 2. The third kappa shape index (κ3) is 5.13. The van der Waals surface area contributed by atoms with Crippen LogP contribution in [0.2, 0.25) is 5.02 Å². The number of hydrogen-bond acceptors (Lipinski definition) is 9. The number of anilines is 1. The minimum atomic E-state index is -0.709. The van der Waals surface area contributed by atoms with E-state index in [2.05, 4.69) is 24.8 Å². The predicted octanol–water partition coefficient (Wildman–Crippen LogP) is 2.93. The summed E-state index contributed by atoms with van der Waals surface area (Å²) in [6, 6.07) is 5.11. The highest BCUT2D eigenvalue weighted by Crippen LogP contribution is 2.31. The lowest BCUT2D eigenvalue weighted by molar-refractivity contribution is -0.389. The van der Waals surface area contributed by atoms with Crippen LogP contribution < -0.4 is 14.4 Å². The molecule has 11 nitrogen and oxygen atoms in total. The van der Waals surface area contributed by atoms with E-state index in [0.29, 0.717) is 24.8 Å². The van der Waals surface area contributed by atoms with Gasteiger partial charge in [0, 0.05) is 37.7 Å². The fourth-order valence-electron chi connectivity index (χ4n) is 4.14. The number of aromatic nitrogens is 4. The van der Waals surface area contributed by atoms with Crippen LogP contribution in [0.1, 0.15) is 12.5 Å². The van der Waals surface area contributed by atoms with Crippen LogP contribution in [0.15, 0.2) is 36.8 Å². The first kappa shape index (κ1) is 23.2. The molecule has 1 fully saturated rings. The minimum Gasteiger partial charge on any atom is -0.486 e. The average molecular weight is 504 g/mol. The smallest absolute Gasteiger partial charge is 0.415 e. The average Bonchev–Trinajstić information content (AvgIpc) is 3.37. The Morgan fingerprint density at radius 2 is 2.00 bits per heavy atom. The van der Waals surface area contributed by atoms with Gasteiger partial charge in [-0.15, -0.1) is 0 Å². The van der Waals surface area contributed by atoms with Crippen LogP contribution in [0.4, 0.5) is 16.2 Å². The SMILES string of the molecule is C[C@]1(COc2cnc(N3CCN(Cc4ccc(Cl)c(F)c4)CC3)nc2)Cn2cc([N+](=O)[O-])nc2O1. The molecule has 0 N–H and O–H groups in total. The minimum absolute atomic E-state index is 0.131. The number of rotatable bonds is 7. The van der Waals surface area contributed by atoms with Crippen molar-refractivity contribution in [2.24, 2.45) is 0 Å². The second kappa shape index (κ2) is 9.27. The van der Waals surface area contributed by atoms with Crippen molar-refractivity contribution < 1.29 is 18.8 Å². The molecule has 1 aromatic carbocycles. The van der Waals surface area contributed by atoms with Crippen molar-refractivity contribution in [3.05, 3.63) is 63.3 Å². The molecule has 0 saturated carbocycles. The zero-order valence-electron chi connectivity index (χ0n) is 18.9. The monoisotopic (exact) mass is 503 g/mol. The van der Waals surface area contributed by atoms with Gasteiger partial charge >= 0.3 is 11.8 Å². The summed E-state index contributed by atoms with van der Waals surface area (Å²) in [6.07, 6.45) is 4.59. The van der Waals surface area contributed by atoms with Gasteiger partial charge in [-0.05, 0) is 29.5 Å². The van der Waals surface area contributed by atoms with E-state index < -0.39 is 16.3 Å². The van der Waals surface area contributed by atoms with Crippen LogP contribution in [-0.4, -0.2) is 67.7 Å². The largest absolute Gasteiger partial charge is 0.486 e. The highest BCUT2D eigenvalue weighted by atomic mass is 35.5. The highest BCUT2D eigenvalue weighted by molar-refractivity contribution is 6.30. The topological polar surface area (TPSA) is 112 Å². The first-order chi connectivity index (χ1) is 16.8. The quantitative estimate of drug-likeness (QED) is 0.355. The van der Waals surface area contributed by atoms with Crippen LogP contribution in [-0.2, 0) is 13.1 Å². The van der Waals surface area contributed by atoms with Crippen LogP contribution in [0, 0.1) is 15.9 Å². The van der Waals surface area contributed by atoms with Gasteiger partial charge in [0.25, 0.3) is 0 Å². The normalized spacial score (nSPS) is 19.9. The number of hydrogen-bond donors (Lipinski definition) is 0. The lowest BCUT2D eigenvalue weighted by Gasteiger charge is -2.34. The van der Waals surface area contributed by atoms with Crippen molar-refractivity contribution in [1.82, 2.24) is 24.4 Å². The van der Waals surface area contributed by atoms with Crippen molar-refractivity contribution >= 4 is 23.4 Å². The third-order valence-electron chi connectivity index (χ3n) is 5.96. The molecule has 0 aliphatic carbocycles. The van der Waals surface area contributed by atoms with E-state index in [1.54, 1.807) is 23.0 Å². The van der Waals surface area contributed by atoms with Crippen molar-refractivity contribution in [3.63, 3.8) is 0 Å². The van der Waals surface area contributed by atoms with Crippen molar-refractivity contribution in [2.45, 2.75) is 25.6 Å². The zero-order chi connectivity index (χ0) is 24.6. The van der Waals surface area contributed by atoms with Gasteiger partial charge in [0.2, 0.25) is 5.95 Å². The second-order valence-corrected chi connectivity index (χ2v) is 9.24. The molecule has 0 unspecified atom stereocenters. The van der Waals surface area contributed by atoms with E-state index >= 15 is 0 Å². The molecular weight excluding hydrogens is 481 g/mol. The highest BCUT2D eigenvalue weighted by Gasteiger charge is 2.41. The third-order valence-corrected chi connectivity index (χ3v) is 6.27. The number of fused-ring (bicyclic) bond motifs is 1. The van der Waals surface area contributed by atoms with E-state index in [1.807, 2.05) is 13.0 Å². The van der Waals surface area contributed by atoms with E-state index in [9.17, 15) is 14.5 Å². The van der Waals surface area contributed by atoms with Gasteiger partial charge in [-0.2, -0.15) is 0 Å². The lowest BCUT2D eigenvalue weighted by atomic mass is 10.1. The first-order valence-corrected chi connectivity index (χ1v) is 11.4. The number of imidazole rings is 1. The van der Waals surface area contributed by atoms with E-state index in [4.69, 9.17) is 21.1 Å². The van der Waals surface area contributed by atoms with Crippen LogP contribution in [0.5, 0.6) is 11.8 Å².